The van der Waals surface area contributed by atoms with Crippen LogP contribution in [-0.4, -0.2) is 56.3 Å². The number of likely N-dealkylation sites (tertiary alicyclic amines) is 1. The molecule has 2 heterocycles. The molecule has 1 aliphatic rings. The Labute approximate surface area is 119 Å². The molecule has 0 aliphatic carbocycles. The third-order valence-corrected chi connectivity index (χ3v) is 5.42. The SMILES string of the molecule is CN1CCC(CN(C)S(=O)(=O)c2cccnc2C#N)C1. The summed E-state index contributed by atoms with van der Waals surface area (Å²) in [5, 5.41) is 8.98. The van der Waals surface area contributed by atoms with Crippen LogP contribution in [-0.2, 0) is 10.0 Å². The van der Waals surface area contributed by atoms with E-state index in [9.17, 15) is 8.42 Å². The third kappa shape index (κ3) is 2.98. The number of aromatic nitrogens is 1. The van der Waals surface area contributed by atoms with E-state index in [1.54, 1.807) is 7.05 Å². The number of hydrogen-bond acceptors (Lipinski definition) is 5. The van der Waals surface area contributed by atoms with Crippen molar-refractivity contribution in [3.05, 3.63) is 24.0 Å². The summed E-state index contributed by atoms with van der Waals surface area (Å²) in [6.07, 6.45) is 2.41. The van der Waals surface area contributed by atoms with Gasteiger partial charge in [0, 0.05) is 26.3 Å². The summed E-state index contributed by atoms with van der Waals surface area (Å²) in [6.45, 7) is 2.36. The van der Waals surface area contributed by atoms with Crippen molar-refractivity contribution in [1.29, 1.82) is 5.26 Å². The minimum absolute atomic E-state index is 0.0173. The van der Waals surface area contributed by atoms with Gasteiger partial charge in [-0.15, -0.1) is 0 Å². The fourth-order valence-electron chi connectivity index (χ4n) is 2.49. The second-order valence-corrected chi connectivity index (χ2v) is 7.18. The van der Waals surface area contributed by atoms with Crippen LogP contribution in [0, 0.1) is 17.2 Å². The van der Waals surface area contributed by atoms with Crippen molar-refractivity contribution in [2.45, 2.75) is 11.3 Å². The lowest BCUT2D eigenvalue weighted by Gasteiger charge is -2.21. The average Bonchev–Trinajstić information content (AvgIpc) is 2.84. The van der Waals surface area contributed by atoms with E-state index in [1.807, 2.05) is 13.1 Å². The van der Waals surface area contributed by atoms with E-state index < -0.39 is 10.0 Å². The third-order valence-electron chi connectivity index (χ3n) is 3.57. The van der Waals surface area contributed by atoms with Crippen LogP contribution in [0.25, 0.3) is 0 Å². The zero-order chi connectivity index (χ0) is 14.8. The quantitative estimate of drug-likeness (QED) is 0.809. The highest BCUT2D eigenvalue weighted by atomic mass is 32.2. The summed E-state index contributed by atoms with van der Waals surface area (Å²) >= 11 is 0. The molecule has 6 nitrogen and oxygen atoms in total. The number of sulfonamides is 1. The number of nitriles is 1. The minimum Gasteiger partial charge on any atom is -0.306 e. The van der Waals surface area contributed by atoms with Crippen molar-refractivity contribution in [2.24, 2.45) is 5.92 Å². The van der Waals surface area contributed by atoms with Crippen LogP contribution in [0.1, 0.15) is 12.1 Å². The predicted molar refractivity (Wildman–Crippen MR) is 74.4 cm³/mol. The first kappa shape index (κ1) is 14.9. The average molecular weight is 294 g/mol. The highest BCUT2D eigenvalue weighted by molar-refractivity contribution is 7.89. The van der Waals surface area contributed by atoms with Crippen molar-refractivity contribution >= 4 is 10.0 Å². The van der Waals surface area contributed by atoms with E-state index >= 15 is 0 Å². The maximum Gasteiger partial charge on any atom is 0.245 e. The van der Waals surface area contributed by atoms with Gasteiger partial charge < -0.3 is 4.90 Å². The maximum absolute atomic E-state index is 12.5. The molecule has 1 atom stereocenters. The molecule has 1 fully saturated rings. The Balaban J connectivity index is 2.19. The fraction of sp³-hybridized carbons (Fsp3) is 0.538. The first-order chi connectivity index (χ1) is 9.45. The van der Waals surface area contributed by atoms with Crippen LogP contribution in [0.2, 0.25) is 0 Å². The van der Waals surface area contributed by atoms with Crippen LogP contribution in [0.15, 0.2) is 23.2 Å². The summed E-state index contributed by atoms with van der Waals surface area (Å²) in [5.41, 5.74) is -0.0529. The summed E-state index contributed by atoms with van der Waals surface area (Å²) in [7, 11) is -0.0684. The molecule has 0 spiro atoms. The topological polar surface area (TPSA) is 77.3 Å². The number of nitrogens with zero attached hydrogens (tertiary/aromatic N) is 4. The number of pyridine rings is 1. The van der Waals surface area contributed by atoms with Gasteiger partial charge in [-0.3, -0.25) is 0 Å². The van der Waals surface area contributed by atoms with E-state index in [2.05, 4.69) is 9.88 Å². The van der Waals surface area contributed by atoms with Crippen molar-refractivity contribution in [3.63, 3.8) is 0 Å². The Morgan fingerprint density at radius 3 is 2.95 bits per heavy atom. The fourth-order valence-corrected chi connectivity index (χ4v) is 3.82. The highest BCUT2D eigenvalue weighted by Gasteiger charge is 2.29. The molecule has 108 valence electrons. The minimum atomic E-state index is -3.66. The van der Waals surface area contributed by atoms with Gasteiger partial charge in [-0.2, -0.15) is 5.26 Å². The van der Waals surface area contributed by atoms with Crippen LogP contribution < -0.4 is 0 Å². The van der Waals surface area contributed by atoms with Gasteiger partial charge in [-0.1, -0.05) is 0 Å². The molecular weight excluding hydrogens is 276 g/mol. The molecule has 1 saturated heterocycles. The van der Waals surface area contributed by atoms with Gasteiger partial charge in [0.1, 0.15) is 11.0 Å². The molecule has 0 radical (unpaired) electrons. The van der Waals surface area contributed by atoms with E-state index in [0.717, 1.165) is 19.5 Å². The van der Waals surface area contributed by atoms with Crippen molar-refractivity contribution in [3.8, 4) is 6.07 Å². The summed E-state index contributed by atoms with van der Waals surface area (Å²) < 4.78 is 26.3. The molecule has 7 heteroatoms. The van der Waals surface area contributed by atoms with Gasteiger partial charge in [0.15, 0.2) is 5.69 Å². The molecule has 0 N–H and O–H groups in total. The smallest absolute Gasteiger partial charge is 0.245 e. The van der Waals surface area contributed by atoms with Gasteiger partial charge in [0.25, 0.3) is 0 Å². The first-order valence-electron chi connectivity index (χ1n) is 6.45. The molecular formula is C13H18N4O2S. The van der Waals surface area contributed by atoms with Crippen LogP contribution in [0.5, 0.6) is 0 Å². The lowest BCUT2D eigenvalue weighted by molar-refractivity contribution is 0.356. The van der Waals surface area contributed by atoms with E-state index in [1.165, 1.54) is 22.6 Å². The molecule has 0 bridgehead atoms. The van der Waals surface area contributed by atoms with Crippen molar-refractivity contribution < 1.29 is 8.42 Å². The predicted octanol–water partition coefficient (Wildman–Crippen LogP) is 0.525. The molecule has 0 saturated carbocycles. The van der Waals surface area contributed by atoms with E-state index in [4.69, 9.17) is 5.26 Å². The van der Waals surface area contributed by atoms with Crippen molar-refractivity contribution in [1.82, 2.24) is 14.2 Å². The monoisotopic (exact) mass is 294 g/mol. The number of hydrogen-bond donors (Lipinski definition) is 0. The first-order valence-corrected chi connectivity index (χ1v) is 7.89. The van der Waals surface area contributed by atoms with Crippen molar-refractivity contribution in [2.75, 3.05) is 33.7 Å². The van der Waals surface area contributed by atoms with Gasteiger partial charge in [0.05, 0.1) is 0 Å². The zero-order valence-corrected chi connectivity index (χ0v) is 12.5. The standard InChI is InChI=1S/C13H18N4O2S/c1-16-7-5-11(9-16)10-17(2)20(18,19)13-4-3-6-15-12(13)8-14/h3-4,6,11H,5,7,9-10H2,1-2H3. The van der Waals surface area contributed by atoms with Crippen LogP contribution in [0.3, 0.4) is 0 Å². The van der Waals surface area contributed by atoms with Gasteiger partial charge in [0.2, 0.25) is 10.0 Å². The lowest BCUT2D eigenvalue weighted by atomic mass is 10.1. The summed E-state index contributed by atoms with van der Waals surface area (Å²) in [6, 6.07) is 4.79. The number of rotatable bonds is 4. The molecule has 1 aliphatic heterocycles. The molecule has 20 heavy (non-hydrogen) atoms. The Hall–Kier alpha value is -1.49. The summed E-state index contributed by atoms with van der Waals surface area (Å²) in [5.74, 6) is 0.335. The summed E-state index contributed by atoms with van der Waals surface area (Å²) in [4.78, 5) is 5.99. The second kappa shape index (κ2) is 5.87. The molecule has 0 aromatic carbocycles. The Morgan fingerprint density at radius 1 is 1.60 bits per heavy atom. The zero-order valence-electron chi connectivity index (χ0n) is 11.7. The molecule has 0 amide bonds. The van der Waals surface area contributed by atoms with Gasteiger partial charge in [-0.05, 0) is 38.1 Å². The Morgan fingerprint density at radius 2 is 2.35 bits per heavy atom. The largest absolute Gasteiger partial charge is 0.306 e. The molecule has 1 aromatic heterocycles. The Bertz CT molecular complexity index is 624. The lowest BCUT2D eigenvalue weighted by Crippen LogP contribution is -2.33. The van der Waals surface area contributed by atoms with E-state index in [0.29, 0.717) is 12.5 Å². The van der Waals surface area contributed by atoms with Crippen LogP contribution >= 0.6 is 0 Å². The normalized spacial score (nSPS) is 20.2. The highest BCUT2D eigenvalue weighted by Crippen LogP contribution is 2.21. The molecule has 1 aromatic rings. The molecule has 2 rings (SSSR count). The van der Waals surface area contributed by atoms with Crippen LogP contribution in [0.4, 0.5) is 0 Å². The van der Waals surface area contributed by atoms with Gasteiger partial charge in [-0.25, -0.2) is 17.7 Å². The van der Waals surface area contributed by atoms with Gasteiger partial charge >= 0.3 is 0 Å². The second-order valence-electron chi connectivity index (χ2n) is 5.16. The maximum atomic E-state index is 12.5. The van der Waals surface area contributed by atoms with E-state index in [-0.39, 0.29) is 10.6 Å². The Kier molecular flexibility index (Phi) is 4.38. The molecule has 1 unspecified atom stereocenters.